The average molecular weight is 514 g/mol. The second-order valence-corrected chi connectivity index (χ2v) is 7.55. The Labute approximate surface area is 197 Å². The van der Waals surface area contributed by atoms with Crippen LogP contribution in [0.4, 0.5) is 5.69 Å². The molecule has 0 spiro atoms. The molecule has 0 heterocycles. The molecule has 3 aromatic carbocycles. The van der Waals surface area contributed by atoms with Gasteiger partial charge < -0.3 is 14.6 Å². The molecular weight excluding hydrogens is 494 g/mol. The SMILES string of the molecule is CCOc1cc(/C=N\NC(=O)c2cc([N+](=O)[O-])ccc2O)cc(Br)c1OCc1ccccc1. The molecule has 0 aromatic heterocycles. The highest BCUT2D eigenvalue weighted by atomic mass is 79.9. The molecule has 0 fully saturated rings. The highest BCUT2D eigenvalue weighted by Gasteiger charge is 2.16. The van der Waals surface area contributed by atoms with E-state index in [-0.39, 0.29) is 11.3 Å². The maximum absolute atomic E-state index is 12.3. The minimum absolute atomic E-state index is 0.262. The molecule has 2 N–H and O–H groups in total. The Balaban J connectivity index is 1.74. The topological polar surface area (TPSA) is 123 Å². The fraction of sp³-hybridized carbons (Fsp3) is 0.130. The lowest BCUT2D eigenvalue weighted by Gasteiger charge is -2.14. The zero-order valence-electron chi connectivity index (χ0n) is 17.5. The van der Waals surface area contributed by atoms with E-state index < -0.39 is 16.6 Å². The number of nitrogens with zero attached hydrogens (tertiary/aromatic N) is 2. The molecule has 3 aromatic rings. The molecular formula is C23H20BrN3O6. The Kier molecular flexibility index (Phi) is 7.98. The normalized spacial score (nSPS) is 10.7. The number of ether oxygens (including phenoxy) is 2. The summed E-state index contributed by atoms with van der Waals surface area (Å²) in [5.41, 5.74) is 3.27. The maximum Gasteiger partial charge on any atom is 0.275 e. The number of carbonyl (C=O) groups is 1. The molecule has 10 heteroatoms. The van der Waals surface area contributed by atoms with Gasteiger partial charge in [-0.25, -0.2) is 5.43 Å². The average Bonchev–Trinajstić information content (AvgIpc) is 2.79. The monoisotopic (exact) mass is 513 g/mol. The number of phenols is 1. The number of hydrazone groups is 1. The van der Waals surface area contributed by atoms with Gasteiger partial charge >= 0.3 is 0 Å². The minimum Gasteiger partial charge on any atom is -0.507 e. The van der Waals surface area contributed by atoms with Crippen LogP contribution < -0.4 is 14.9 Å². The number of hydrogen-bond acceptors (Lipinski definition) is 7. The van der Waals surface area contributed by atoms with Crippen LogP contribution in [0.15, 0.2) is 70.2 Å². The first-order valence-corrected chi connectivity index (χ1v) is 10.6. The molecule has 0 radical (unpaired) electrons. The number of non-ortho nitro benzene ring substituents is 1. The second kappa shape index (κ2) is 11.1. The molecule has 0 atom stereocenters. The van der Waals surface area contributed by atoms with Gasteiger partial charge in [-0.1, -0.05) is 30.3 Å². The summed E-state index contributed by atoms with van der Waals surface area (Å²) in [4.78, 5) is 22.5. The summed E-state index contributed by atoms with van der Waals surface area (Å²) in [5.74, 6) is -0.163. The van der Waals surface area contributed by atoms with Gasteiger partial charge in [0.2, 0.25) is 0 Å². The fourth-order valence-electron chi connectivity index (χ4n) is 2.84. The van der Waals surface area contributed by atoms with E-state index in [0.29, 0.717) is 34.7 Å². The van der Waals surface area contributed by atoms with E-state index in [0.717, 1.165) is 23.8 Å². The van der Waals surface area contributed by atoms with E-state index in [4.69, 9.17) is 9.47 Å². The van der Waals surface area contributed by atoms with Crippen molar-refractivity contribution in [1.82, 2.24) is 5.43 Å². The van der Waals surface area contributed by atoms with Gasteiger partial charge in [0, 0.05) is 12.1 Å². The first-order valence-electron chi connectivity index (χ1n) is 9.83. The first kappa shape index (κ1) is 23.7. The summed E-state index contributed by atoms with van der Waals surface area (Å²) in [5, 5.41) is 24.6. The lowest BCUT2D eigenvalue weighted by atomic mass is 10.1. The van der Waals surface area contributed by atoms with Crippen molar-refractivity contribution in [1.29, 1.82) is 0 Å². The Morgan fingerprint density at radius 1 is 1.18 bits per heavy atom. The number of amides is 1. The van der Waals surface area contributed by atoms with Gasteiger partial charge in [-0.2, -0.15) is 5.10 Å². The number of nitro groups is 1. The van der Waals surface area contributed by atoms with Crippen LogP contribution in [0.5, 0.6) is 17.2 Å². The fourth-order valence-corrected chi connectivity index (χ4v) is 3.41. The lowest BCUT2D eigenvalue weighted by Crippen LogP contribution is -2.18. The van der Waals surface area contributed by atoms with Gasteiger partial charge in [-0.15, -0.1) is 0 Å². The number of nitro benzene ring substituents is 1. The summed E-state index contributed by atoms with van der Waals surface area (Å²) < 4.78 is 12.3. The second-order valence-electron chi connectivity index (χ2n) is 6.69. The van der Waals surface area contributed by atoms with Gasteiger partial charge in [0.15, 0.2) is 11.5 Å². The highest BCUT2D eigenvalue weighted by molar-refractivity contribution is 9.10. The van der Waals surface area contributed by atoms with Crippen LogP contribution in [0.1, 0.15) is 28.4 Å². The summed E-state index contributed by atoms with van der Waals surface area (Å²) in [7, 11) is 0. The van der Waals surface area contributed by atoms with Crippen molar-refractivity contribution in [2.24, 2.45) is 5.10 Å². The predicted molar refractivity (Wildman–Crippen MR) is 126 cm³/mol. The van der Waals surface area contributed by atoms with Crippen molar-refractivity contribution in [3.8, 4) is 17.2 Å². The number of aromatic hydroxyl groups is 1. The van der Waals surface area contributed by atoms with Crippen LogP contribution in [0.3, 0.4) is 0 Å². The third kappa shape index (κ3) is 6.30. The quantitative estimate of drug-likeness (QED) is 0.240. The van der Waals surface area contributed by atoms with Gasteiger partial charge in [0.05, 0.1) is 27.8 Å². The number of carbonyl (C=O) groups excluding carboxylic acids is 1. The molecule has 0 unspecified atom stereocenters. The molecule has 9 nitrogen and oxygen atoms in total. The van der Waals surface area contributed by atoms with Crippen molar-refractivity contribution < 1.29 is 24.3 Å². The largest absolute Gasteiger partial charge is 0.507 e. The minimum atomic E-state index is -0.792. The van der Waals surface area contributed by atoms with Crippen LogP contribution in [0.2, 0.25) is 0 Å². The smallest absolute Gasteiger partial charge is 0.275 e. The van der Waals surface area contributed by atoms with E-state index >= 15 is 0 Å². The molecule has 170 valence electrons. The maximum atomic E-state index is 12.3. The molecule has 0 aliphatic rings. The van der Waals surface area contributed by atoms with E-state index in [9.17, 15) is 20.0 Å². The van der Waals surface area contributed by atoms with E-state index in [1.165, 1.54) is 6.21 Å². The number of rotatable bonds is 9. The summed E-state index contributed by atoms with van der Waals surface area (Å²) in [6, 6.07) is 16.3. The van der Waals surface area contributed by atoms with Crippen molar-refractivity contribution in [3.63, 3.8) is 0 Å². The Morgan fingerprint density at radius 3 is 2.64 bits per heavy atom. The molecule has 0 aliphatic carbocycles. The van der Waals surface area contributed by atoms with Crippen LogP contribution in [0, 0.1) is 10.1 Å². The van der Waals surface area contributed by atoms with Crippen molar-refractivity contribution in [2.45, 2.75) is 13.5 Å². The molecule has 0 saturated heterocycles. The van der Waals surface area contributed by atoms with Crippen molar-refractivity contribution >= 4 is 33.7 Å². The zero-order chi connectivity index (χ0) is 23.8. The Hall–Kier alpha value is -3.92. The lowest BCUT2D eigenvalue weighted by molar-refractivity contribution is -0.384. The molecule has 1 amide bonds. The van der Waals surface area contributed by atoms with Crippen LogP contribution in [-0.2, 0) is 6.61 Å². The molecule has 0 aliphatic heterocycles. The third-order valence-electron chi connectivity index (χ3n) is 4.37. The molecule has 33 heavy (non-hydrogen) atoms. The number of hydrogen-bond donors (Lipinski definition) is 2. The third-order valence-corrected chi connectivity index (χ3v) is 4.96. The van der Waals surface area contributed by atoms with Crippen molar-refractivity contribution in [3.05, 3.63) is 91.9 Å². The summed E-state index contributed by atoms with van der Waals surface area (Å²) in [6.07, 6.45) is 1.38. The van der Waals surface area contributed by atoms with Gasteiger partial charge in [0.1, 0.15) is 12.4 Å². The first-order chi connectivity index (χ1) is 15.9. The van der Waals surface area contributed by atoms with Crippen LogP contribution in [0.25, 0.3) is 0 Å². The molecule has 0 saturated carbocycles. The number of phenolic OH excluding ortho intramolecular Hbond substituents is 1. The Bertz CT molecular complexity index is 1180. The standard InChI is InChI=1S/C23H20BrN3O6/c1-2-32-21-11-16(10-19(24)22(21)33-14-15-6-4-3-5-7-15)13-25-26-23(29)18-12-17(27(30)31)8-9-20(18)28/h3-13,28H,2,14H2,1H3,(H,26,29)/b25-13-. The van der Waals surface area contributed by atoms with Crippen LogP contribution >= 0.6 is 15.9 Å². The zero-order valence-corrected chi connectivity index (χ0v) is 19.1. The number of nitrogens with one attached hydrogen (secondary N) is 1. The number of halogens is 1. The number of benzene rings is 3. The van der Waals surface area contributed by atoms with Gasteiger partial charge in [-0.3, -0.25) is 14.9 Å². The van der Waals surface area contributed by atoms with E-state index in [2.05, 4.69) is 26.5 Å². The molecule has 0 bridgehead atoms. The Morgan fingerprint density at radius 2 is 1.94 bits per heavy atom. The van der Waals surface area contributed by atoms with Gasteiger partial charge in [-0.05, 0) is 52.2 Å². The highest BCUT2D eigenvalue weighted by Crippen LogP contribution is 2.37. The predicted octanol–water partition coefficient (Wildman–Crippen LogP) is 4.80. The molecule has 3 rings (SSSR count). The van der Waals surface area contributed by atoms with Crippen LogP contribution in [-0.4, -0.2) is 28.8 Å². The summed E-state index contributed by atoms with van der Waals surface area (Å²) in [6.45, 7) is 2.62. The van der Waals surface area contributed by atoms with E-state index in [1.807, 2.05) is 37.3 Å². The van der Waals surface area contributed by atoms with E-state index in [1.54, 1.807) is 12.1 Å². The van der Waals surface area contributed by atoms with Crippen molar-refractivity contribution in [2.75, 3.05) is 6.61 Å². The van der Waals surface area contributed by atoms with Gasteiger partial charge in [0.25, 0.3) is 11.6 Å². The summed E-state index contributed by atoms with van der Waals surface area (Å²) >= 11 is 3.48.